The lowest BCUT2D eigenvalue weighted by Gasteiger charge is -2.28. The van der Waals surface area contributed by atoms with Gasteiger partial charge >= 0.3 is 0 Å². The lowest BCUT2D eigenvalue weighted by atomic mass is 10.0. The Bertz CT molecular complexity index is 569. The number of hydrogen-bond acceptors (Lipinski definition) is 5. The van der Waals surface area contributed by atoms with Crippen LogP contribution in [0, 0.1) is 6.92 Å². The Labute approximate surface area is 119 Å². The molecule has 1 aromatic carbocycles. The summed E-state index contributed by atoms with van der Waals surface area (Å²) in [4.78, 5) is 0. The van der Waals surface area contributed by atoms with Gasteiger partial charge in [-0.3, -0.25) is 0 Å². The second kappa shape index (κ2) is 5.81. The highest BCUT2D eigenvalue weighted by Gasteiger charge is 2.46. The van der Waals surface area contributed by atoms with E-state index in [1.54, 1.807) is 13.0 Å². The van der Waals surface area contributed by atoms with Crippen molar-refractivity contribution in [2.24, 2.45) is 0 Å². The van der Waals surface area contributed by atoms with Crippen molar-refractivity contribution in [3.8, 4) is 0 Å². The van der Waals surface area contributed by atoms with Crippen LogP contribution in [0.4, 0.5) is 0 Å². The maximum Gasteiger partial charge on any atom is 0.209 e. The van der Waals surface area contributed by atoms with Gasteiger partial charge in [-0.05, 0) is 6.92 Å². The SMILES string of the molecule is CCS(=O)(=O)CC1(c2cccc(C)c2)OCC(CO)O1. The van der Waals surface area contributed by atoms with Crippen LogP contribution in [0.2, 0.25) is 0 Å². The molecule has 1 saturated heterocycles. The van der Waals surface area contributed by atoms with E-state index >= 15 is 0 Å². The Morgan fingerprint density at radius 2 is 2.20 bits per heavy atom. The molecule has 20 heavy (non-hydrogen) atoms. The lowest BCUT2D eigenvalue weighted by molar-refractivity contribution is -0.162. The molecular formula is C14H20O5S. The van der Waals surface area contributed by atoms with Crippen molar-refractivity contribution in [2.45, 2.75) is 25.7 Å². The maximum atomic E-state index is 12.0. The fourth-order valence-electron chi connectivity index (χ4n) is 2.24. The van der Waals surface area contributed by atoms with Crippen LogP contribution in [0.5, 0.6) is 0 Å². The van der Waals surface area contributed by atoms with Crippen molar-refractivity contribution in [3.05, 3.63) is 35.4 Å². The third-order valence-electron chi connectivity index (χ3n) is 3.37. The molecule has 0 bridgehead atoms. The first-order valence-corrected chi connectivity index (χ1v) is 8.43. The molecule has 0 aromatic heterocycles. The predicted octanol–water partition coefficient (Wildman–Crippen LogP) is 0.990. The molecule has 1 heterocycles. The summed E-state index contributed by atoms with van der Waals surface area (Å²) in [6.07, 6.45) is -0.498. The second-order valence-electron chi connectivity index (χ2n) is 5.03. The van der Waals surface area contributed by atoms with Crippen LogP contribution < -0.4 is 0 Å². The van der Waals surface area contributed by atoms with Gasteiger partial charge in [0, 0.05) is 11.3 Å². The zero-order chi connectivity index (χ0) is 14.8. The Kier molecular flexibility index (Phi) is 4.49. The third-order valence-corrected chi connectivity index (χ3v) is 5.07. The summed E-state index contributed by atoms with van der Waals surface area (Å²) in [6.45, 7) is 3.51. The fraction of sp³-hybridized carbons (Fsp3) is 0.571. The normalized spacial score (nSPS) is 26.9. The molecule has 1 N–H and O–H groups in total. The molecule has 0 saturated carbocycles. The van der Waals surface area contributed by atoms with E-state index in [0.29, 0.717) is 5.56 Å². The fourth-order valence-corrected chi connectivity index (χ4v) is 3.34. The molecule has 5 nitrogen and oxygen atoms in total. The summed E-state index contributed by atoms with van der Waals surface area (Å²) >= 11 is 0. The summed E-state index contributed by atoms with van der Waals surface area (Å²) < 4.78 is 35.4. The lowest BCUT2D eigenvalue weighted by Crippen LogP contribution is -2.37. The van der Waals surface area contributed by atoms with Crippen LogP contribution >= 0.6 is 0 Å². The molecule has 1 aliphatic heterocycles. The van der Waals surface area contributed by atoms with Gasteiger partial charge in [0.05, 0.1) is 13.2 Å². The van der Waals surface area contributed by atoms with Gasteiger partial charge in [0.25, 0.3) is 0 Å². The van der Waals surface area contributed by atoms with Gasteiger partial charge in [0.1, 0.15) is 11.9 Å². The molecule has 2 unspecified atom stereocenters. The molecule has 2 rings (SSSR count). The highest BCUT2D eigenvalue weighted by molar-refractivity contribution is 7.91. The molecule has 0 amide bonds. The Balaban J connectivity index is 2.40. The first-order chi connectivity index (χ1) is 9.41. The Morgan fingerprint density at radius 1 is 1.45 bits per heavy atom. The van der Waals surface area contributed by atoms with Crippen LogP contribution in [-0.4, -0.2) is 44.3 Å². The molecule has 0 spiro atoms. The number of aliphatic hydroxyl groups excluding tert-OH is 1. The molecule has 0 aliphatic carbocycles. The van der Waals surface area contributed by atoms with Crippen molar-refractivity contribution < 1.29 is 23.0 Å². The maximum absolute atomic E-state index is 12.0. The molecule has 0 radical (unpaired) electrons. The molecule has 1 fully saturated rings. The monoisotopic (exact) mass is 300 g/mol. The van der Waals surface area contributed by atoms with E-state index in [2.05, 4.69) is 0 Å². The summed E-state index contributed by atoms with van der Waals surface area (Å²) in [5, 5.41) is 9.20. The van der Waals surface area contributed by atoms with E-state index < -0.39 is 21.7 Å². The number of sulfone groups is 1. The van der Waals surface area contributed by atoms with E-state index in [-0.39, 0.29) is 24.7 Å². The number of aryl methyl sites for hydroxylation is 1. The largest absolute Gasteiger partial charge is 0.394 e. The molecular weight excluding hydrogens is 280 g/mol. The highest BCUT2D eigenvalue weighted by Crippen LogP contribution is 2.36. The van der Waals surface area contributed by atoms with Gasteiger partial charge in [-0.15, -0.1) is 0 Å². The van der Waals surface area contributed by atoms with Gasteiger partial charge in [-0.25, -0.2) is 8.42 Å². The Morgan fingerprint density at radius 3 is 2.75 bits per heavy atom. The van der Waals surface area contributed by atoms with Crippen LogP contribution in [0.25, 0.3) is 0 Å². The van der Waals surface area contributed by atoms with Gasteiger partial charge in [0.2, 0.25) is 5.79 Å². The second-order valence-corrected chi connectivity index (χ2v) is 7.39. The third kappa shape index (κ3) is 3.20. The number of ether oxygens (including phenoxy) is 2. The first-order valence-electron chi connectivity index (χ1n) is 6.61. The topological polar surface area (TPSA) is 72.8 Å². The van der Waals surface area contributed by atoms with E-state index in [1.165, 1.54) is 0 Å². The summed E-state index contributed by atoms with van der Waals surface area (Å²) in [5.41, 5.74) is 1.67. The van der Waals surface area contributed by atoms with Crippen molar-refractivity contribution >= 4 is 9.84 Å². The van der Waals surface area contributed by atoms with Crippen molar-refractivity contribution in [1.29, 1.82) is 0 Å². The van der Waals surface area contributed by atoms with Gasteiger partial charge in [0.15, 0.2) is 9.84 Å². The summed E-state index contributed by atoms with van der Waals surface area (Å²) in [7, 11) is -3.29. The average Bonchev–Trinajstić information content (AvgIpc) is 2.83. The minimum atomic E-state index is -3.29. The quantitative estimate of drug-likeness (QED) is 0.878. The predicted molar refractivity (Wildman–Crippen MR) is 75.1 cm³/mol. The van der Waals surface area contributed by atoms with Gasteiger partial charge in [-0.2, -0.15) is 0 Å². The average molecular weight is 300 g/mol. The van der Waals surface area contributed by atoms with E-state index in [1.807, 2.05) is 25.1 Å². The zero-order valence-corrected chi connectivity index (χ0v) is 12.5. The Hall–Kier alpha value is -0.950. The number of benzene rings is 1. The minimum Gasteiger partial charge on any atom is -0.394 e. The molecule has 1 aromatic rings. The van der Waals surface area contributed by atoms with Crippen molar-refractivity contribution in [2.75, 3.05) is 24.7 Å². The standard InChI is InChI=1S/C14H20O5S/c1-3-20(16,17)10-14(18-9-13(8-15)19-14)12-6-4-5-11(2)7-12/h4-7,13,15H,3,8-10H2,1-2H3. The number of aliphatic hydroxyl groups is 1. The van der Waals surface area contributed by atoms with Crippen LogP contribution in [-0.2, 0) is 25.1 Å². The van der Waals surface area contributed by atoms with E-state index in [0.717, 1.165) is 5.56 Å². The van der Waals surface area contributed by atoms with Crippen LogP contribution in [0.3, 0.4) is 0 Å². The summed E-state index contributed by atoms with van der Waals surface area (Å²) in [6, 6.07) is 7.40. The van der Waals surface area contributed by atoms with Crippen LogP contribution in [0.15, 0.2) is 24.3 Å². The van der Waals surface area contributed by atoms with Crippen molar-refractivity contribution in [3.63, 3.8) is 0 Å². The number of hydrogen-bond donors (Lipinski definition) is 1. The van der Waals surface area contributed by atoms with Crippen molar-refractivity contribution in [1.82, 2.24) is 0 Å². The van der Waals surface area contributed by atoms with Gasteiger partial charge in [-0.1, -0.05) is 36.8 Å². The zero-order valence-electron chi connectivity index (χ0n) is 11.7. The first kappa shape index (κ1) is 15.4. The molecule has 1 aliphatic rings. The number of rotatable bonds is 5. The smallest absolute Gasteiger partial charge is 0.209 e. The molecule has 6 heteroatoms. The van der Waals surface area contributed by atoms with Crippen LogP contribution in [0.1, 0.15) is 18.1 Å². The van der Waals surface area contributed by atoms with E-state index in [9.17, 15) is 13.5 Å². The molecule has 2 atom stereocenters. The molecule has 112 valence electrons. The summed E-state index contributed by atoms with van der Waals surface area (Å²) in [5.74, 6) is -1.53. The van der Waals surface area contributed by atoms with E-state index in [4.69, 9.17) is 9.47 Å². The highest BCUT2D eigenvalue weighted by atomic mass is 32.2. The minimum absolute atomic E-state index is 0.0249. The van der Waals surface area contributed by atoms with Gasteiger partial charge < -0.3 is 14.6 Å².